The number of aromatic nitrogens is 2. The van der Waals surface area contributed by atoms with Gasteiger partial charge in [0.25, 0.3) is 0 Å². The molecule has 0 spiro atoms. The fraction of sp³-hybridized carbons (Fsp3) is 0.769. The first kappa shape index (κ1) is 12.6. The van der Waals surface area contributed by atoms with Crippen LogP contribution in [0.1, 0.15) is 32.1 Å². The molecule has 1 aromatic rings. The molecule has 1 aliphatic rings. The highest BCUT2D eigenvalue weighted by Gasteiger charge is 2.35. The van der Waals surface area contributed by atoms with E-state index in [1.165, 1.54) is 12.8 Å². The van der Waals surface area contributed by atoms with Crippen LogP contribution in [0.25, 0.3) is 0 Å². The summed E-state index contributed by atoms with van der Waals surface area (Å²) in [5.41, 5.74) is 0.0137. The third kappa shape index (κ3) is 3.54. The van der Waals surface area contributed by atoms with Crippen LogP contribution in [0, 0.1) is 0 Å². The largest absolute Gasteiger partial charge is 0.385 e. The van der Waals surface area contributed by atoms with Gasteiger partial charge in [0.2, 0.25) is 0 Å². The van der Waals surface area contributed by atoms with E-state index < -0.39 is 0 Å². The first-order chi connectivity index (χ1) is 8.35. The Hall–Kier alpha value is -0.870. The first-order valence-electron chi connectivity index (χ1n) is 6.45. The highest BCUT2D eigenvalue weighted by Crippen LogP contribution is 2.34. The van der Waals surface area contributed by atoms with E-state index in [0.29, 0.717) is 0 Å². The van der Waals surface area contributed by atoms with E-state index in [9.17, 15) is 0 Å². The van der Waals surface area contributed by atoms with Crippen molar-refractivity contribution < 1.29 is 9.47 Å². The normalized spacial score (nSPS) is 18.6. The lowest BCUT2D eigenvalue weighted by Gasteiger charge is -2.29. The molecule has 0 N–H and O–H groups in total. The number of ether oxygens (including phenoxy) is 2. The molecule has 0 amide bonds. The van der Waals surface area contributed by atoms with Crippen LogP contribution in [0.15, 0.2) is 18.5 Å². The standard InChI is InChI=1S/C13H22N2O2/c1-16-10-5-11-17-13(6-2-3-7-13)12-15-9-4-8-14-15/h4,8-9H,2-3,5-7,10-12H2,1H3. The molecule has 0 aromatic carbocycles. The van der Waals surface area contributed by atoms with Crippen molar-refractivity contribution in [3.8, 4) is 0 Å². The topological polar surface area (TPSA) is 36.3 Å². The van der Waals surface area contributed by atoms with Crippen LogP contribution in [0.5, 0.6) is 0 Å². The van der Waals surface area contributed by atoms with E-state index in [2.05, 4.69) is 5.10 Å². The predicted octanol–water partition coefficient (Wildman–Crippen LogP) is 2.25. The van der Waals surface area contributed by atoms with Crippen LogP contribution in [-0.4, -0.2) is 35.7 Å². The molecule has 4 nitrogen and oxygen atoms in total. The number of nitrogens with zero attached hydrogens (tertiary/aromatic N) is 2. The number of hydrogen-bond donors (Lipinski definition) is 0. The smallest absolute Gasteiger partial charge is 0.0877 e. The Morgan fingerprint density at radius 1 is 1.29 bits per heavy atom. The summed E-state index contributed by atoms with van der Waals surface area (Å²) in [5, 5.41) is 4.28. The van der Waals surface area contributed by atoms with Crippen molar-refractivity contribution in [2.24, 2.45) is 0 Å². The van der Waals surface area contributed by atoms with Crippen molar-refractivity contribution in [2.45, 2.75) is 44.2 Å². The molecule has 1 saturated carbocycles. The highest BCUT2D eigenvalue weighted by molar-refractivity contribution is 4.89. The molecule has 0 aliphatic heterocycles. The first-order valence-corrected chi connectivity index (χ1v) is 6.45. The van der Waals surface area contributed by atoms with Crippen molar-refractivity contribution >= 4 is 0 Å². The van der Waals surface area contributed by atoms with E-state index in [-0.39, 0.29) is 5.60 Å². The molecule has 1 aliphatic carbocycles. The lowest BCUT2D eigenvalue weighted by atomic mass is 10.0. The minimum absolute atomic E-state index is 0.0137. The molecule has 96 valence electrons. The van der Waals surface area contributed by atoms with E-state index in [1.54, 1.807) is 7.11 Å². The summed E-state index contributed by atoms with van der Waals surface area (Å²) in [4.78, 5) is 0. The van der Waals surface area contributed by atoms with Gasteiger partial charge in [-0.3, -0.25) is 4.68 Å². The van der Waals surface area contributed by atoms with Crippen LogP contribution in [0.2, 0.25) is 0 Å². The molecule has 0 radical (unpaired) electrons. The van der Waals surface area contributed by atoms with Gasteiger partial charge in [0.15, 0.2) is 0 Å². The third-order valence-corrected chi connectivity index (χ3v) is 3.43. The Morgan fingerprint density at radius 3 is 2.76 bits per heavy atom. The van der Waals surface area contributed by atoms with Gasteiger partial charge in [-0.2, -0.15) is 5.10 Å². The summed E-state index contributed by atoms with van der Waals surface area (Å²) in [6.45, 7) is 2.44. The van der Waals surface area contributed by atoms with E-state index in [4.69, 9.17) is 9.47 Å². The van der Waals surface area contributed by atoms with Gasteiger partial charge in [-0.05, 0) is 25.3 Å². The molecule has 1 heterocycles. The molecule has 0 saturated heterocycles. The molecule has 4 heteroatoms. The monoisotopic (exact) mass is 238 g/mol. The van der Waals surface area contributed by atoms with Crippen molar-refractivity contribution in [1.82, 2.24) is 9.78 Å². The van der Waals surface area contributed by atoms with Gasteiger partial charge in [-0.15, -0.1) is 0 Å². The summed E-state index contributed by atoms with van der Waals surface area (Å²) in [7, 11) is 1.73. The second kappa shape index (κ2) is 6.17. The van der Waals surface area contributed by atoms with Crippen LogP contribution in [-0.2, 0) is 16.0 Å². The number of hydrogen-bond acceptors (Lipinski definition) is 3. The fourth-order valence-corrected chi connectivity index (χ4v) is 2.55. The Kier molecular flexibility index (Phi) is 4.57. The maximum atomic E-state index is 6.13. The molecule has 0 unspecified atom stereocenters. The molecular weight excluding hydrogens is 216 g/mol. The predicted molar refractivity (Wildman–Crippen MR) is 65.9 cm³/mol. The Balaban J connectivity index is 1.86. The maximum Gasteiger partial charge on any atom is 0.0877 e. The molecule has 1 aromatic heterocycles. The zero-order valence-corrected chi connectivity index (χ0v) is 10.6. The number of methoxy groups -OCH3 is 1. The number of rotatable bonds is 7. The minimum atomic E-state index is 0.0137. The summed E-state index contributed by atoms with van der Waals surface area (Å²) in [5.74, 6) is 0. The summed E-state index contributed by atoms with van der Waals surface area (Å²) < 4.78 is 13.2. The van der Waals surface area contributed by atoms with Crippen LogP contribution < -0.4 is 0 Å². The van der Waals surface area contributed by atoms with Gasteiger partial charge in [-0.1, -0.05) is 12.8 Å². The molecule has 17 heavy (non-hydrogen) atoms. The van der Waals surface area contributed by atoms with Gasteiger partial charge in [0.05, 0.1) is 12.1 Å². The average Bonchev–Trinajstić information content (AvgIpc) is 2.98. The molecule has 2 rings (SSSR count). The molecular formula is C13H22N2O2. The van der Waals surface area contributed by atoms with E-state index in [1.807, 2.05) is 23.1 Å². The molecule has 0 bridgehead atoms. The lowest BCUT2D eigenvalue weighted by Crippen LogP contribution is -2.35. The molecule has 1 fully saturated rings. The van der Waals surface area contributed by atoms with Crippen molar-refractivity contribution in [1.29, 1.82) is 0 Å². The van der Waals surface area contributed by atoms with Gasteiger partial charge in [-0.25, -0.2) is 0 Å². The van der Waals surface area contributed by atoms with Gasteiger partial charge in [0.1, 0.15) is 0 Å². The van der Waals surface area contributed by atoms with Gasteiger partial charge >= 0.3 is 0 Å². The SMILES string of the molecule is COCCCOC1(Cn2cccn2)CCCC1. The lowest BCUT2D eigenvalue weighted by molar-refractivity contribution is -0.0596. The summed E-state index contributed by atoms with van der Waals surface area (Å²) in [6.07, 6.45) is 9.65. The van der Waals surface area contributed by atoms with Crippen molar-refractivity contribution in [3.63, 3.8) is 0 Å². The summed E-state index contributed by atoms with van der Waals surface area (Å²) in [6, 6.07) is 1.97. The second-order valence-corrected chi connectivity index (χ2v) is 4.79. The summed E-state index contributed by atoms with van der Waals surface area (Å²) >= 11 is 0. The van der Waals surface area contributed by atoms with E-state index in [0.717, 1.165) is 39.0 Å². The highest BCUT2D eigenvalue weighted by atomic mass is 16.5. The third-order valence-electron chi connectivity index (χ3n) is 3.43. The Bertz CT molecular complexity index is 305. The van der Waals surface area contributed by atoms with Gasteiger partial charge < -0.3 is 9.47 Å². The fourth-order valence-electron chi connectivity index (χ4n) is 2.55. The maximum absolute atomic E-state index is 6.13. The quantitative estimate of drug-likeness (QED) is 0.684. The zero-order chi connectivity index (χ0) is 12.0. The Labute approximate surface area is 103 Å². The van der Waals surface area contributed by atoms with Gasteiger partial charge in [0, 0.05) is 32.7 Å². The van der Waals surface area contributed by atoms with Crippen molar-refractivity contribution in [2.75, 3.05) is 20.3 Å². The van der Waals surface area contributed by atoms with Crippen LogP contribution >= 0.6 is 0 Å². The Morgan fingerprint density at radius 2 is 2.12 bits per heavy atom. The zero-order valence-electron chi connectivity index (χ0n) is 10.6. The van der Waals surface area contributed by atoms with Crippen LogP contribution in [0.3, 0.4) is 0 Å². The second-order valence-electron chi connectivity index (χ2n) is 4.79. The average molecular weight is 238 g/mol. The molecule has 0 atom stereocenters. The van der Waals surface area contributed by atoms with E-state index >= 15 is 0 Å². The van der Waals surface area contributed by atoms with Crippen LogP contribution in [0.4, 0.5) is 0 Å². The van der Waals surface area contributed by atoms with Crippen molar-refractivity contribution in [3.05, 3.63) is 18.5 Å². The minimum Gasteiger partial charge on any atom is -0.385 e.